The van der Waals surface area contributed by atoms with Gasteiger partial charge in [-0.25, -0.2) is 4.57 Å². The molecule has 0 heterocycles. The van der Waals surface area contributed by atoms with E-state index in [-0.39, 0.29) is 13.2 Å². The molecule has 0 fully saturated rings. The van der Waals surface area contributed by atoms with Crippen LogP contribution in [0.15, 0.2) is 29.6 Å². The van der Waals surface area contributed by atoms with E-state index in [1.165, 1.54) is 0 Å². The number of nitroso groups, excluding NO2 is 1. The second-order valence-corrected chi connectivity index (χ2v) is 5.34. The highest BCUT2D eigenvalue weighted by Gasteiger charge is 2.35. The van der Waals surface area contributed by atoms with Crippen LogP contribution < -0.4 is 4.78 Å². The van der Waals surface area contributed by atoms with Crippen LogP contribution in [0, 0.1) is 11.8 Å². The Morgan fingerprint density at radius 1 is 1.17 bits per heavy atom. The molecule has 0 aliphatic carbocycles. The van der Waals surface area contributed by atoms with Gasteiger partial charge in [-0.1, -0.05) is 17.7 Å². The van der Waals surface area contributed by atoms with Crippen molar-refractivity contribution in [1.82, 2.24) is 0 Å². The van der Waals surface area contributed by atoms with Gasteiger partial charge < -0.3 is 0 Å². The van der Waals surface area contributed by atoms with E-state index >= 15 is 0 Å². The molecule has 6 nitrogen and oxygen atoms in total. The Morgan fingerprint density at radius 2 is 1.67 bits per heavy atom. The van der Waals surface area contributed by atoms with Gasteiger partial charge in [-0.15, -0.1) is 9.69 Å². The topological polar surface area (TPSA) is 68.2 Å². The molecule has 1 aromatic rings. The largest absolute Gasteiger partial charge is 0.458 e. The molecule has 1 aromatic carbocycles. The molecule has 0 aromatic heterocycles. The van der Waals surface area contributed by atoms with Gasteiger partial charge in [-0.05, 0) is 32.9 Å². The average molecular weight is 272 g/mol. The predicted molar refractivity (Wildman–Crippen MR) is 70.3 cm³/mol. The van der Waals surface area contributed by atoms with E-state index in [1.807, 2.05) is 6.92 Å². The van der Waals surface area contributed by atoms with Gasteiger partial charge >= 0.3 is 7.75 Å². The van der Waals surface area contributed by atoms with Crippen LogP contribution in [0.3, 0.4) is 0 Å². The molecule has 0 radical (unpaired) electrons. The molecule has 1 rings (SSSR count). The fraction of sp³-hybridized carbons (Fsp3) is 0.455. The van der Waals surface area contributed by atoms with E-state index < -0.39 is 7.75 Å². The summed E-state index contributed by atoms with van der Waals surface area (Å²) in [6, 6.07) is 6.86. The van der Waals surface area contributed by atoms with Crippen LogP contribution in [-0.4, -0.2) is 13.2 Å². The maximum Gasteiger partial charge on any atom is 0.458 e. The summed E-state index contributed by atoms with van der Waals surface area (Å²) in [7, 11) is -3.71. The molecule has 0 aliphatic rings. The number of rotatable bonds is 7. The normalized spacial score (nSPS) is 11.3. The zero-order valence-corrected chi connectivity index (χ0v) is 11.6. The molecule has 0 saturated heterocycles. The summed E-state index contributed by atoms with van der Waals surface area (Å²) in [5.74, 6) is 0. The second kappa shape index (κ2) is 6.64. The fourth-order valence-corrected chi connectivity index (χ4v) is 2.84. The Hall–Kier alpha value is -1.23. The van der Waals surface area contributed by atoms with Gasteiger partial charge in [-0.2, -0.15) is 0 Å². The molecule has 100 valence electrons. The van der Waals surface area contributed by atoms with E-state index in [2.05, 4.69) is 5.29 Å². The first-order valence-corrected chi connectivity index (χ1v) is 7.16. The number of benzene rings is 1. The highest BCUT2D eigenvalue weighted by Crippen LogP contribution is 2.54. The summed E-state index contributed by atoms with van der Waals surface area (Å²) in [5, 5.41) is 2.77. The number of nitrogens with zero attached hydrogens (tertiary/aromatic N) is 2. The van der Waals surface area contributed by atoms with Crippen molar-refractivity contribution in [2.75, 3.05) is 18.0 Å². The summed E-state index contributed by atoms with van der Waals surface area (Å²) in [4.78, 5) is 10.9. The third kappa shape index (κ3) is 3.38. The second-order valence-electron chi connectivity index (χ2n) is 3.51. The molecule has 0 bridgehead atoms. The Morgan fingerprint density at radius 3 is 2.06 bits per heavy atom. The molecule has 0 unspecified atom stereocenters. The van der Waals surface area contributed by atoms with Crippen molar-refractivity contribution in [2.45, 2.75) is 20.8 Å². The Labute approximate surface area is 106 Å². The van der Waals surface area contributed by atoms with Crippen LogP contribution in [0.1, 0.15) is 19.4 Å². The number of hydrogen-bond donors (Lipinski definition) is 0. The minimum absolute atomic E-state index is 0.162. The molecule has 0 aliphatic heterocycles. The van der Waals surface area contributed by atoms with Crippen LogP contribution in [0.4, 0.5) is 5.69 Å². The molecule has 0 saturated carbocycles. The standard InChI is InChI=1S/C11H17N2O4P/c1-4-16-18(15,17-5-2)13(12-14)11-8-6-10(3)7-9-11/h6-9H,4-5H2,1-3H3. The third-order valence-corrected chi connectivity index (χ3v) is 4.10. The first-order chi connectivity index (χ1) is 8.57. The van der Waals surface area contributed by atoms with E-state index in [1.54, 1.807) is 38.1 Å². The van der Waals surface area contributed by atoms with Crippen molar-refractivity contribution < 1.29 is 13.6 Å². The van der Waals surface area contributed by atoms with Crippen molar-refractivity contribution in [3.8, 4) is 0 Å². The van der Waals surface area contributed by atoms with E-state index in [0.29, 0.717) is 5.69 Å². The summed E-state index contributed by atoms with van der Waals surface area (Å²) in [5.41, 5.74) is 1.40. The number of hydrogen-bond acceptors (Lipinski definition) is 5. The molecular weight excluding hydrogens is 255 g/mol. The zero-order valence-electron chi connectivity index (χ0n) is 10.7. The minimum Gasteiger partial charge on any atom is -0.291 e. The Balaban J connectivity index is 3.09. The molecule has 18 heavy (non-hydrogen) atoms. The van der Waals surface area contributed by atoms with E-state index in [9.17, 15) is 9.47 Å². The van der Waals surface area contributed by atoms with E-state index in [0.717, 1.165) is 10.3 Å². The van der Waals surface area contributed by atoms with Gasteiger partial charge in [0.25, 0.3) is 0 Å². The zero-order chi connectivity index (χ0) is 13.6. The van der Waals surface area contributed by atoms with Gasteiger partial charge in [0.2, 0.25) is 0 Å². The lowest BCUT2D eigenvalue weighted by atomic mass is 10.2. The lowest BCUT2D eigenvalue weighted by Crippen LogP contribution is -2.16. The molecule has 0 N–H and O–H groups in total. The van der Waals surface area contributed by atoms with Crippen LogP contribution in [0.2, 0.25) is 0 Å². The summed E-state index contributed by atoms with van der Waals surface area (Å²) < 4.78 is 23.3. The molecule has 0 spiro atoms. The Bertz CT molecular complexity index is 425. The lowest BCUT2D eigenvalue weighted by Gasteiger charge is -2.24. The molecule has 7 heteroatoms. The van der Waals surface area contributed by atoms with Crippen molar-refractivity contribution in [3.05, 3.63) is 34.7 Å². The van der Waals surface area contributed by atoms with Gasteiger partial charge in [-0.3, -0.25) is 9.05 Å². The molecular formula is C11H17N2O4P. The summed E-state index contributed by atoms with van der Waals surface area (Å²) >= 11 is 0. The first-order valence-electron chi connectivity index (χ1n) is 5.67. The Kier molecular flexibility index (Phi) is 5.47. The van der Waals surface area contributed by atoms with Crippen molar-refractivity contribution >= 4 is 13.4 Å². The minimum atomic E-state index is -3.71. The third-order valence-electron chi connectivity index (χ3n) is 2.16. The summed E-state index contributed by atoms with van der Waals surface area (Å²) in [6.45, 7) is 5.57. The number of anilines is 1. The van der Waals surface area contributed by atoms with Crippen molar-refractivity contribution in [1.29, 1.82) is 0 Å². The van der Waals surface area contributed by atoms with Crippen molar-refractivity contribution in [2.24, 2.45) is 5.29 Å². The maximum absolute atomic E-state index is 12.4. The highest BCUT2D eigenvalue weighted by atomic mass is 31.2. The van der Waals surface area contributed by atoms with Crippen LogP contribution in [0.25, 0.3) is 0 Å². The highest BCUT2D eigenvalue weighted by molar-refractivity contribution is 7.55. The van der Waals surface area contributed by atoms with E-state index in [4.69, 9.17) is 9.05 Å². The van der Waals surface area contributed by atoms with Gasteiger partial charge in [0.15, 0.2) is 0 Å². The van der Waals surface area contributed by atoms with Crippen LogP contribution in [0.5, 0.6) is 0 Å². The summed E-state index contributed by atoms with van der Waals surface area (Å²) in [6.07, 6.45) is 0. The van der Waals surface area contributed by atoms with Crippen molar-refractivity contribution in [3.63, 3.8) is 0 Å². The van der Waals surface area contributed by atoms with Crippen LogP contribution >= 0.6 is 7.75 Å². The maximum atomic E-state index is 12.4. The van der Waals surface area contributed by atoms with Crippen LogP contribution in [-0.2, 0) is 13.6 Å². The fourth-order valence-electron chi connectivity index (χ4n) is 1.38. The quantitative estimate of drug-likeness (QED) is 0.430. The molecule has 0 amide bonds. The first kappa shape index (κ1) is 14.8. The SMILES string of the molecule is CCOP(=O)(OCC)N(N=O)c1ccc(C)cc1. The van der Waals surface area contributed by atoms with Gasteiger partial charge in [0.05, 0.1) is 24.2 Å². The smallest absolute Gasteiger partial charge is 0.291 e. The number of aryl methyl sites for hydroxylation is 1. The lowest BCUT2D eigenvalue weighted by molar-refractivity contribution is 0.217. The predicted octanol–water partition coefficient (Wildman–Crippen LogP) is 3.66. The molecule has 0 atom stereocenters. The monoisotopic (exact) mass is 272 g/mol. The van der Waals surface area contributed by atoms with Gasteiger partial charge in [0.1, 0.15) is 0 Å². The van der Waals surface area contributed by atoms with Gasteiger partial charge in [0, 0.05) is 0 Å². The average Bonchev–Trinajstić information content (AvgIpc) is 2.33.